The summed E-state index contributed by atoms with van der Waals surface area (Å²) in [5.41, 5.74) is 12.0. The average molecular weight is 480 g/mol. The van der Waals surface area contributed by atoms with Crippen molar-refractivity contribution in [3.8, 4) is 0 Å². The van der Waals surface area contributed by atoms with Crippen molar-refractivity contribution in [2.24, 2.45) is 21.5 Å². The molecule has 22 heavy (non-hydrogen) atoms. The van der Waals surface area contributed by atoms with Gasteiger partial charge in [0.25, 0.3) is 0 Å². The van der Waals surface area contributed by atoms with Crippen molar-refractivity contribution in [2.45, 2.75) is 37.8 Å². The average Bonchev–Trinajstić information content (AvgIpc) is 2.44. The number of hydrogen-bond donors (Lipinski definition) is 2. The molecular weight excluding hydrogens is 464 g/mol. The zero-order chi connectivity index (χ0) is 15.9. The SMILES string of the molecule is NC1=NC2(CCCCC2)N(c2cc(F)c(I)cc2Br)C(N)=N1. The van der Waals surface area contributed by atoms with Crippen molar-refractivity contribution < 1.29 is 4.39 Å². The maximum absolute atomic E-state index is 14.1. The molecule has 3 rings (SSSR count). The lowest BCUT2D eigenvalue weighted by atomic mass is 9.87. The number of benzene rings is 1. The first-order chi connectivity index (χ1) is 10.4. The first-order valence-corrected chi connectivity index (χ1v) is 8.94. The molecule has 1 saturated carbocycles. The van der Waals surface area contributed by atoms with Crippen LogP contribution in [0.15, 0.2) is 26.6 Å². The Hall–Kier alpha value is -0.900. The molecule has 0 aromatic heterocycles. The van der Waals surface area contributed by atoms with Gasteiger partial charge in [0.05, 0.1) is 9.26 Å². The number of nitrogens with zero attached hydrogens (tertiary/aromatic N) is 3. The normalized spacial score (nSPS) is 20.8. The van der Waals surface area contributed by atoms with Gasteiger partial charge in [-0.15, -0.1) is 0 Å². The fourth-order valence-electron chi connectivity index (χ4n) is 3.15. The van der Waals surface area contributed by atoms with Crippen molar-refractivity contribution in [2.75, 3.05) is 4.90 Å². The molecule has 118 valence electrons. The monoisotopic (exact) mass is 479 g/mol. The standard InChI is InChI=1S/C14H16BrFIN5/c15-8-6-10(17)9(16)7-11(8)22-13(19)20-12(18)21-14(22)4-2-1-3-5-14/h6-7H,1-5H2,(H4,18,19,20,21). The number of anilines is 1. The summed E-state index contributed by atoms with van der Waals surface area (Å²) in [6, 6.07) is 3.21. The molecule has 0 radical (unpaired) electrons. The third kappa shape index (κ3) is 2.70. The third-order valence-corrected chi connectivity index (χ3v) is 5.54. The molecule has 1 spiro atoms. The lowest BCUT2D eigenvalue weighted by Gasteiger charge is -2.45. The lowest BCUT2D eigenvalue weighted by molar-refractivity contribution is 0.305. The van der Waals surface area contributed by atoms with Crippen LogP contribution < -0.4 is 16.4 Å². The summed E-state index contributed by atoms with van der Waals surface area (Å²) in [5, 5.41) is 0. The van der Waals surface area contributed by atoms with E-state index < -0.39 is 5.66 Å². The van der Waals surface area contributed by atoms with Crippen LogP contribution in [0.1, 0.15) is 32.1 Å². The molecular formula is C14H16BrFIN5. The molecule has 5 nitrogen and oxygen atoms in total. The van der Waals surface area contributed by atoms with E-state index in [-0.39, 0.29) is 17.7 Å². The summed E-state index contributed by atoms with van der Waals surface area (Å²) in [7, 11) is 0. The molecule has 1 aliphatic carbocycles. The second-order valence-corrected chi connectivity index (χ2v) is 7.55. The first-order valence-electron chi connectivity index (χ1n) is 7.07. The fraction of sp³-hybridized carbons (Fsp3) is 0.429. The van der Waals surface area contributed by atoms with E-state index >= 15 is 0 Å². The highest BCUT2D eigenvalue weighted by atomic mass is 127. The van der Waals surface area contributed by atoms with Gasteiger partial charge in [-0.3, -0.25) is 4.90 Å². The van der Waals surface area contributed by atoms with E-state index in [0.29, 0.717) is 9.26 Å². The van der Waals surface area contributed by atoms with E-state index in [1.807, 2.05) is 27.5 Å². The van der Waals surface area contributed by atoms with Crippen molar-refractivity contribution >= 4 is 56.1 Å². The van der Waals surface area contributed by atoms with Crippen LogP contribution >= 0.6 is 38.5 Å². The molecule has 8 heteroatoms. The third-order valence-electron chi connectivity index (χ3n) is 4.08. The minimum absolute atomic E-state index is 0.192. The van der Waals surface area contributed by atoms with Crippen LogP contribution in [0.5, 0.6) is 0 Å². The van der Waals surface area contributed by atoms with Crippen molar-refractivity contribution in [3.63, 3.8) is 0 Å². The van der Waals surface area contributed by atoms with Gasteiger partial charge in [0.2, 0.25) is 11.9 Å². The van der Waals surface area contributed by atoms with E-state index in [4.69, 9.17) is 11.5 Å². The number of halogens is 3. The smallest absolute Gasteiger partial charge is 0.220 e. The summed E-state index contributed by atoms with van der Waals surface area (Å²) >= 11 is 5.47. The molecule has 1 fully saturated rings. The molecule has 0 bridgehead atoms. The second-order valence-electron chi connectivity index (χ2n) is 5.54. The predicted octanol–water partition coefficient (Wildman–Crippen LogP) is 3.30. The van der Waals surface area contributed by atoms with E-state index in [9.17, 15) is 4.39 Å². The van der Waals surface area contributed by atoms with Crippen LogP contribution in [-0.2, 0) is 0 Å². The minimum atomic E-state index is -0.560. The van der Waals surface area contributed by atoms with Gasteiger partial charge in [-0.1, -0.05) is 6.42 Å². The number of aliphatic imine (C=N–C) groups is 2. The van der Waals surface area contributed by atoms with Crippen molar-refractivity contribution in [3.05, 3.63) is 26.0 Å². The topological polar surface area (TPSA) is 80.0 Å². The molecule has 2 aliphatic rings. The second kappa shape index (κ2) is 5.95. The quantitative estimate of drug-likeness (QED) is 0.479. The molecule has 0 amide bonds. The zero-order valence-corrected chi connectivity index (χ0v) is 15.6. The van der Waals surface area contributed by atoms with Gasteiger partial charge < -0.3 is 11.5 Å². The van der Waals surface area contributed by atoms with Crippen molar-refractivity contribution in [1.82, 2.24) is 0 Å². The Morgan fingerprint density at radius 2 is 1.91 bits per heavy atom. The summed E-state index contributed by atoms with van der Waals surface area (Å²) in [4.78, 5) is 10.5. The van der Waals surface area contributed by atoms with Gasteiger partial charge in [-0.2, -0.15) is 4.99 Å². The summed E-state index contributed by atoms with van der Waals surface area (Å²) in [6.07, 6.45) is 4.87. The maximum Gasteiger partial charge on any atom is 0.220 e. The molecule has 1 aliphatic heterocycles. The highest BCUT2D eigenvalue weighted by Crippen LogP contribution is 2.42. The molecule has 1 aromatic carbocycles. The van der Waals surface area contributed by atoms with Crippen LogP contribution in [0.25, 0.3) is 0 Å². The van der Waals surface area contributed by atoms with E-state index in [1.54, 1.807) is 6.07 Å². The predicted molar refractivity (Wildman–Crippen MR) is 98.4 cm³/mol. The largest absolute Gasteiger partial charge is 0.369 e. The molecule has 0 atom stereocenters. The Morgan fingerprint density at radius 3 is 2.59 bits per heavy atom. The lowest BCUT2D eigenvalue weighted by Crippen LogP contribution is -2.58. The Balaban J connectivity index is 2.14. The highest BCUT2D eigenvalue weighted by Gasteiger charge is 2.43. The zero-order valence-electron chi connectivity index (χ0n) is 11.8. The Morgan fingerprint density at radius 1 is 1.23 bits per heavy atom. The van der Waals surface area contributed by atoms with E-state index in [1.165, 1.54) is 6.07 Å². The Bertz CT molecular complexity index is 669. The minimum Gasteiger partial charge on any atom is -0.369 e. The van der Waals surface area contributed by atoms with Gasteiger partial charge in [0, 0.05) is 4.47 Å². The van der Waals surface area contributed by atoms with E-state index in [0.717, 1.165) is 36.6 Å². The van der Waals surface area contributed by atoms with Gasteiger partial charge >= 0.3 is 0 Å². The van der Waals surface area contributed by atoms with Crippen LogP contribution in [0, 0.1) is 9.39 Å². The van der Waals surface area contributed by atoms with Gasteiger partial charge in [0.15, 0.2) is 0 Å². The van der Waals surface area contributed by atoms with Crippen LogP contribution in [0.3, 0.4) is 0 Å². The van der Waals surface area contributed by atoms with Gasteiger partial charge in [-0.05, 0) is 76.3 Å². The van der Waals surface area contributed by atoms with Crippen molar-refractivity contribution in [1.29, 1.82) is 0 Å². The number of guanidine groups is 2. The number of nitrogens with two attached hydrogens (primary N) is 2. The maximum atomic E-state index is 14.1. The van der Waals surface area contributed by atoms with E-state index in [2.05, 4.69) is 25.9 Å². The van der Waals surface area contributed by atoms with Crippen LogP contribution in [-0.4, -0.2) is 17.6 Å². The molecule has 1 aromatic rings. The molecule has 1 heterocycles. The van der Waals surface area contributed by atoms with Crippen LogP contribution in [0.4, 0.5) is 10.1 Å². The number of hydrogen-bond acceptors (Lipinski definition) is 5. The Labute approximate surface area is 150 Å². The summed E-state index contributed by atoms with van der Waals surface area (Å²) in [6.45, 7) is 0. The van der Waals surface area contributed by atoms with Gasteiger partial charge in [0.1, 0.15) is 11.5 Å². The first kappa shape index (κ1) is 16.0. The molecule has 0 saturated heterocycles. The van der Waals surface area contributed by atoms with Gasteiger partial charge in [-0.25, -0.2) is 9.38 Å². The molecule has 4 N–H and O–H groups in total. The highest BCUT2D eigenvalue weighted by molar-refractivity contribution is 14.1. The van der Waals surface area contributed by atoms with Crippen LogP contribution in [0.2, 0.25) is 0 Å². The summed E-state index contributed by atoms with van der Waals surface area (Å²) in [5.74, 6) is 0.161. The fourth-order valence-corrected chi connectivity index (χ4v) is 4.57. The molecule has 0 unspecified atom stereocenters. The number of rotatable bonds is 1. The Kier molecular flexibility index (Phi) is 4.32. The summed E-state index contributed by atoms with van der Waals surface area (Å²) < 4.78 is 15.4.